The van der Waals surface area contributed by atoms with Crippen LogP contribution in [0.25, 0.3) is 0 Å². The average molecular weight is 534 g/mol. The molecule has 0 fully saturated rings. The Morgan fingerprint density at radius 2 is 1.93 bits per heavy atom. The maximum Gasteiger partial charge on any atom is 0.435 e. The summed E-state index contributed by atoms with van der Waals surface area (Å²) < 4.78 is 40.0. The minimum Gasteiger partial charge on any atom is -0.356 e. The van der Waals surface area contributed by atoms with Gasteiger partial charge < -0.3 is 10.6 Å². The lowest BCUT2D eigenvalue weighted by molar-refractivity contribution is -0.142. The molecular formula is C16H20ClF3IN5S. The molecule has 0 bridgehead atoms. The molecule has 11 heteroatoms. The summed E-state index contributed by atoms with van der Waals surface area (Å²) in [5.41, 5.74) is -0.820. The Morgan fingerprint density at radius 3 is 2.52 bits per heavy atom. The van der Waals surface area contributed by atoms with Crippen molar-refractivity contribution < 1.29 is 13.2 Å². The molecule has 2 N–H and O–H groups in total. The van der Waals surface area contributed by atoms with Gasteiger partial charge in [0.1, 0.15) is 0 Å². The third-order valence-electron chi connectivity index (χ3n) is 3.32. The Balaban J connectivity index is 0.00000364. The quantitative estimate of drug-likeness (QED) is 0.192. The van der Waals surface area contributed by atoms with E-state index in [-0.39, 0.29) is 36.1 Å². The van der Waals surface area contributed by atoms with Gasteiger partial charge in [-0.2, -0.15) is 18.3 Å². The van der Waals surface area contributed by atoms with Crippen LogP contribution in [-0.2, 0) is 19.8 Å². The highest BCUT2D eigenvalue weighted by molar-refractivity contribution is 14.0. The molecule has 1 aromatic heterocycles. The SMILES string of the molecule is CN=C(NCCSc1ccc(Cl)cc1)NCc1cn(C)nc1C(F)(F)F.I. The van der Waals surface area contributed by atoms with Crippen LogP contribution in [0.3, 0.4) is 0 Å². The molecule has 2 aromatic rings. The minimum absolute atomic E-state index is 0. The van der Waals surface area contributed by atoms with E-state index in [0.717, 1.165) is 15.3 Å². The molecular weight excluding hydrogens is 514 g/mol. The Labute approximate surface area is 182 Å². The van der Waals surface area contributed by atoms with Gasteiger partial charge in [-0.1, -0.05) is 11.6 Å². The zero-order valence-corrected chi connectivity index (χ0v) is 18.6. The van der Waals surface area contributed by atoms with E-state index >= 15 is 0 Å². The molecule has 2 rings (SSSR count). The number of aryl methyl sites for hydroxylation is 1. The summed E-state index contributed by atoms with van der Waals surface area (Å²) in [6, 6.07) is 7.51. The molecule has 1 aromatic carbocycles. The van der Waals surface area contributed by atoms with Gasteiger partial charge in [-0.3, -0.25) is 9.67 Å². The summed E-state index contributed by atoms with van der Waals surface area (Å²) in [4.78, 5) is 5.10. The Kier molecular flexibility index (Phi) is 9.74. The van der Waals surface area contributed by atoms with Crippen LogP contribution in [-0.4, -0.2) is 35.1 Å². The van der Waals surface area contributed by atoms with Crippen LogP contribution in [0.1, 0.15) is 11.3 Å². The number of halogens is 5. The first-order valence-electron chi connectivity index (χ1n) is 7.72. The molecule has 0 amide bonds. The number of guanidine groups is 1. The summed E-state index contributed by atoms with van der Waals surface area (Å²) in [6.45, 7) is 0.582. The van der Waals surface area contributed by atoms with E-state index in [4.69, 9.17) is 11.6 Å². The number of alkyl halides is 3. The fourth-order valence-corrected chi connectivity index (χ4v) is 3.07. The van der Waals surface area contributed by atoms with Gasteiger partial charge in [-0.05, 0) is 24.3 Å². The van der Waals surface area contributed by atoms with Gasteiger partial charge in [0.2, 0.25) is 0 Å². The fourth-order valence-electron chi connectivity index (χ4n) is 2.17. The van der Waals surface area contributed by atoms with Crippen molar-refractivity contribution in [2.45, 2.75) is 17.6 Å². The summed E-state index contributed by atoms with van der Waals surface area (Å²) in [5.74, 6) is 1.20. The lowest BCUT2D eigenvalue weighted by atomic mass is 10.2. The molecule has 27 heavy (non-hydrogen) atoms. The summed E-state index contributed by atoms with van der Waals surface area (Å²) in [6.07, 6.45) is -3.13. The summed E-state index contributed by atoms with van der Waals surface area (Å²) in [5, 5.41) is 10.1. The first-order chi connectivity index (χ1) is 12.3. The highest BCUT2D eigenvalue weighted by Gasteiger charge is 2.36. The van der Waals surface area contributed by atoms with E-state index in [2.05, 4.69) is 20.7 Å². The second-order valence-corrected chi connectivity index (χ2v) is 6.93. The molecule has 5 nitrogen and oxygen atoms in total. The maximum absolute atomic E-state index is 12.9. The lowest BCUT2D eigenvalue weighted by Gasteiger charge is -2.12. The third-order valence-corrected chi connectivity index (χ3v) is 4.59. The zero-order chi connectivity index (χ0) is 19.2. The Hall–Kier alpha value is -1.14. The van der Waals surface area contributed by atoms with Crippen LogP contribution >= 0.6 is 47.3 Å². The highest BCUT2D eigenvalue weighted by Crippen LogP contribution is 2.30. The summed E-state index contributed by atoms with van der Waals surface area (Å²) in [7, 11) is 3.02. The Bertz CT molecular complexity index is 750. The molecule has 0 atom stereocenters. The number of rotatable bonds is 6. The van der Waals surface area contributed by atoms with Crippen LogP contribution in [0, 0.1) is 0 Å². The van der Waals surface area contributed by atoms with Crippen LogP contribution in [0.5, 0.6) is 0 Å². The van der Waals surface area contributed by atoms with Gasteiger partial charge in [0.15, 0.2) is 11.7 Å². The lowest BCUT2D eigenvalue weighted by Crippen LogP contribution is -2.38. The van der Waals surface area contributed by atoms with E-state index in [1.54, 1.807) is 18.8 Å². The van der Waals surface area contributed by atoms with Gasteiger partial charge in [0, 0.05) is 54.6 Å². The zero-order valence-electron chi connectivity index (χ0n) is 14.7. The van der Waals surface area contributed by atoms with Gasteiger partial charge >= 0.3 is 6.18 Å². The molecule has 0 aliphatic rings. The van der Waals surface area contributed by atoms with Gasteiger partial charge in [-0.25, -0.2) is 0 Å². The van der Waals surface area contributed by atoms with Gasteiger partial charge in [-0.15, -0.1) is 35.7 Å². The number of nitrogens with zero attached hydrogens (tertiary/aromatic N) is 3. The van der Waals surface area contributed by atoms with E-state index < -0.39 is 11.9 Å². The van der Waals surface area contributed by atoms with E-state index in [9.17, 15) is 13.2 Å². The van der Waals surface area contributed by atoms with Crippen molar-refractivity contribution in [3.63, 3.8) is 0 Å². The molecule has 0 aliphatic carbocycles. The third kappa shape index (κ3) is 7.78. The van der Waals surface area contributed by atoms with Crippen molar-refractivity contribution >= 4 is 53.3 Å². The van der Waals surface area contributed by atoms with Crippen LogP contribution in [0.4, 0.5) is 13.2 Å². The number of aromatic nitrogens is 2. The number of hydrogen-bond donors (Lipinski definition) is 2. The van der Waals surface area contributed by atoms with Crippen LogP contribution < -0.4 is 10.6 Å². The van der Waals surface area contributed by atoms with Crippen LogP contribution in [0.15, 0.2) is 40.4 Å². The molecule has 0 unspecified atom stereocenters. The smallest absolute Gasteiger partial charge is 0.356 e. The van der Waals surface area contributed by atoms with Gasteiger partial charge in [0.05, 0.1) is 0 Å². The first-order valence-corrected chi connectivity index (χ1v) is 9.08. The van der Waals surface area contributed by atoms with Crippen molar-refractivity contribution in [2.24, 2.45) is 12.0 Å². The molecule has 1 heterocycles. The predicted molar refractivity (Wildman–Crippen MR) is 114 cm³/mol. The van der Waals surface area contributed by atoms with Crippen molar-refractivity contribution in [1.82, 2.24) is 20.4 Å². The van der Waals surface area contributed by atoms with Crippen molar-refractivity contribution in [1.29, 1.82) is 0 Å². The first kappa shape index (κ1) is 23.9. The fraction of sp³-hybridized carbons (Fsp3) is 0.375. The number of aliphatic imine (C=N–C) groups is 1. The van der Waals surface area contributed by atoms with Crippen LogP contribution in [0.2, 0.25) is 5.02 Å². The highest BCUT2D eigenvalue weighted by atomic mass is 127. The second-order valence-electron chi connectivity index (χ2n) is 5.33. The molecule has 0 aliphatic heterocycles. The molecule has 150 valence electrons. The number of thioether (sulfide) groups is 1. The average Bonchev–Trinajstić information content (AvgIpc) is 2.97. The Morgan fingerprint density at radius 1 is 1.26 bits per heavy atom. The topological polar surface area (TPSA) is 54.2 Å². The molecule has 0 radical (unpaired) electrons. The summed E-state index contributed by atoms with van der Waals surface area (Å²) >= 11 is 7.48. The number of hydrogen-bond acceptors (Lipinski definition) is 3. The van der Waals surface area contributed by atoms with Crippen molar-refractivity contribution in [3.8, 4) is 0 Å². The van der Waals surface area contributed by atoms with Gasteiger partial charge in [0.25, 0.3) is 0 Å². The van der Waals surface area contributed by atoms with E-state index in [1.807, 2.05) is 24.3 Å². The number of nitrogens with one attached hydrogen (secondary N) is 2. The molecule has 0 saturated carbocycles. The second kappa shape index (κ2) is 11.0. The number of benzene rings is 1. The molecule has 0 spiro atoms. The largest absolute Gasteiger partial charge is 0.435 e. The predicted octanol–water partition coefficient (Wildman–Crippen LogP) is 4.17. The molecule has 0 saturated heterocycles. The van der Waals surface area contributed by atoms with Crippen molar-refractivity contribution in [2.75, 3.05) is 19.3 Å². The monoisotopic (exact) mass is 533 g/mol. The van der Waals surface area contributed by atoms with E-state index in [1.165, 1.54) is 13.2 Å². The standard InChI is InChI=1S/C16H19ClF3N5S.HI/c1-21-15(22-7-8-26-13-5-3-12(17)4-6-13)23-9-11-10-25(2)24-14(11)16(18,19)20;/h3-6,10H,7-9H2,1-2H3,(H2,21,22,23);1H. The van der Waals surface area contributed by atoms with E-state index in [0.29, 0.717) is 17.5 Å². The van der Waals surface area contributed by atoms with Crippen molar-refractivity contribution in [3.05, 3.63) is 46.7 Å². The minimum atomic E-state index is -4.48. The normalized spacial score (nSPS) is 11.9. The maximum atomic E-state index is 12.9.